The van der Waals surface area contributed by atoms with Crippen molar-refractivity contribution < 1.29 is 9.53 Å². The standard InChI is InChI=1S/C12H21N3O2/c1-6-17-11(16)12(5,13)7-15-10(4)8(2)9(3)14-15/h6-7,13H2,1-5H3. The number of ether oxygens (including phenoxy) is 1. The molecule has 2 N–H and O–H groups in total. The van der Waals surface area contributed by atoms with E-state index in [-0.39, 0.29) is 0 Å². The Morgan fingerprint density at radius 2 is 2.06 bits per heavy atom. The van der Waals surface area contributed by atoms with E-state index in [2.05, 4.69) is 5.10 Å². The quantitative estimate of drug-likeness (QED) is 0.798. The fourth-order valence-electron chi connectivity index (χ4n) is 1.61. The minimum absolute atomic E-state index is 0.326. The Bertz CT molecular complexity index is 422. The van der Waals surface area contributed by atoms with Gasteiger partial charge in [-0.1, -0.05) is 0 Å². The first-order chi connectivity index (χ1) is 7.79. The van der Waals surface area contributed by atoms with E-state index in [4.69, 9.17) is 10.5 Å². The lowest BCUT2D eigenvalue weighted by molar-refractivity contribution is -0.149. The molecule has 96 valence electrons. The van der Waals surface area contributed by atoms with Crippen LogP contribution in [0.15, 0.2) is 0 Å². The number of hydrogen-bond acceptors (Lipinski definition) is 4. The maximum absolute atomic E-state index is 11.7. The molecule has 1 atom stereocenters. The van der Waals surface area contributed by atoms with Gasteiger partial charge in [0.2, 0.25) is 0 Å². The molecule has 0 bridgehead atoms. The van der Waals surface area contributed by atoms with Crippen LogP contribution >= 0.6 is 0 Å². The molecule has 1 heterocycles. The van der Waals surface area contributed by atoms with Crippen LogP contribution in [-0.4, -0.2) is 27.9 Å². The molecule has 5 nitrogen and oxygen atoms in total. The van der Waals surface area contributed by atoms with Gasteiger partial charge in [0.15, 0.2) is 0 Å². The Kier molecular flexibility index (Phi) is 3.93. The van der Waals surface area contributed by atoms with Crippen molar-refractivity contribution in [3.63, 3.8) is 0 Å². The second kappa shape index (κ2) is 4.87. The third-order valence-corrected chi connectivity index (χ3v) is 2.96. The van der Waals surface area contributed by atoms with Gasteiger partial charge in [0, 0.05) is 5.69 Å². The van der Waals surface area contributed by atoms with Gasteiger partial charge in [0.1, 0.15) is 5.54 Å². The van der Waals surface area contributed by atoms with E-state index < -0.39 is 11.5 Å². The molecule has 0 saturated heterocycles. The third-order valence-electron chi connectivity index (χ3n) is 2.96. The normalized spacial score (nSPS) is 14.5. The highest BCUT2D eigenvalue weighted by Gasteiger charge is 2.31. The average molecular weight is 239 g/mol. The lowest BCUT2D eigenvalue weighted by Crippen LogP contribution is -2.50. The Hall–Kier alpha value is -1.36. The van der Waals surface area contributed by atoms with Gasteiger partial charge in [-0.2, -0.15) is 5.10 Å². The van der Waals surface area contributed by atoms with Crippen LogP contribution in [0, 0.1) is 20.8 Å². The zero-order valence-corrected chi connectivity index (χ0v) is 11.2. The molecular weight excluding hydrogens is 218 g/mol. The SMILES string of the molecule is CCOC(=O)C(C)(N)Cn1nc(C)c(C)c1C. The number of hydrogen-bond donors (Lipinski definition) is 1. The summed E-state index contributed by atoms with van der Waals surface area (Å²) in [4.78, 5) is 11.7. The number of carbonyl (C=O) groups is 1. The third kappa shape index (κ3) is 2.85. The first-order valence-electron chi connectivity index (χ1n) is 5.76. The van der Waals surface area contributed by atoms with Gasteiger partial charge in [0.25, 0.3) is 0 Å². The largest absolute Gasteiger partial charge is 0.465 e. The highest BCUT2D eigenvalue weighted by molar-refractivity contribution is 5.79. The Labute approximate surface area is 102 Å². The van der Waals surface area contributed by atoms with E-state index in [1.54, 1.807) is 18.5 Å². The zero-order valence-electron chi connectivity index (χ0n) is 11.2. The van der Waals surface area contributed by atoms with Crippen LogP contribution < -0.4 is 5.73 Å². The van der Waals surface area contributed by atoms with E-state index in [0.29, 0.717) is 13.2 Å². The molecular formula is C12H21N3O2. The minimum Gasteiger partial charge on any atom is -0.465 e. The molecule has 0 aliphatic rings. The number of aromatic nitrogens is 2. The predicted molar refractivity (Wildman–Crippen MR) is 65.7 cm³/mol. The number of nitrogens with zero attached hydrogens (tertiary/aromatic N) is 2. The fraction of sp³-hybridized carbons (Fsp3) is 0.667. The predicted octanol–water partition coefficient (Wildman–Crippen LogP) is 1.09. The number of rotatable bonds is 4. The lowest BCUT2D eigenvalue weighted by atomic mass is 10.0. The van der Waals surface area contributed by atoms with E-state index >= 15 is 0 Å². The highest BCUT2D eigenvalue weighted by atomic mass is 16.5. The highest BCUT2D eigenvalue weighted by Crippen LogP contribution is 2.14. The Morgan fingerprint density at radius 1 is 1.47 bits per heavy atom. The van der Waals surface area contributed by atoms with Crippen molar-refractivity contribution in [1.29, 1.82) is 0 Å². The van der Waals surface area contributed by atoms with Crippen LogP contribution in [0.3, 0.4) is 0 Å². The molecule has 1 unspecified atom stereocenters. The summed E-state index contributed by atoms with van der Waals surface area (Å²) < 4.78 is 6.72. The van der Waals surface area contributed by atoms with E-state index in [0.717, 1.165) is 17.0 Å². The van der Waals surface area contributed by atoms with Crippen LogP contribution in [0.1, 0.15) is 30.8 Å². The summed E-state index contributed by atoms with van der Waals surface area (Å²) in [6.07, 6.45) is 0. The number of carbonyl (C=O) groups excluding carboxylic acids is 1. The molecule has 0 radical (unpaired) electrons. The number of aryl methyl sites for hydroxylation is 1. The maximum atomic E-state index is 11.7. The van der Waals surface area contributed by atoms with E-state index in [1.807, 2.05) is 20.8 Å². The lowest BCUT2D eigenvalue weighted by Gasteiger charge is -2.22. The summed E-state index contributed by atoms with van der Waals surface area (Å²) in [5.74, 6) is -0.398. The van der Waals surface area contributed by atoms with Gasteiger partial charge in [-0.05, 0) is 40.2 Å². The van der Waals surface area contributed by atoms with Crippen molar-refractivity contribution in [2.24, 2.45) is 5.73 Å². The van der Waals surface area contributed by atoms with E-state index in [1.165, 1.54) is 0 Å². The van der Waals surface area contributed by atoms with Crippen LogP contribution in [0.5, 0.6) is 0 Å². The molecule has 0 aliphatic carbocycles. The van der Waals surface area contributed by atoms with Crippen LogP contribution in [-0.2, 0) is 16.1 Å². The van der Waals surface area contributed by atoms with Crippen LogP contribution in [0.25, 0.3) is 0 Å². The van der Waals surface area contributed by atoms with Crippen molar-refractivity contribution in [2.45, 2.75) is 46.7 Å². The van der Waals surface area contributed by atoms with Crippen LogP contribution in [0.2, 0.25) is 0 Å². The Balaban J connectivity index is 2.90. The van der Waals surface area contributed by atoms with Gasteiger partial charge in [-0.3, -0.25) is 4.68 Å². The summed E-state index contributed by atoms with van der Waals surface area (Å²) in [5.41, 5.74) is 8.04. The van der Waals surface area contributed by atoms with Gasteiger partial charge < -0.3 is 10.5 Å². The van der Waals surface area contributed by atoms with Crippen molar-refractivity contribution in [3.05, 3.63) is 17.0 Å². The first-order valence-corrected chi connectivity index (χ1v) is 5.76. The zero-order chi connectivity index (χ0) is 13.2. The molecule has 0 aromatic carbocycles. The summed E-state index contributed by atoms with van der Waals surface area (Å²) in [6, 6.07) is 0. The molecule has 0 aliphatic heterocycles. The summed E-state index contributed by atoms with van der Waals surface area (Å²) in [6.45, 7) is 10.0. The van der Waals surface area contributed by atoms with Crippen LogP contribution in [0.4, 0.5) is 0 Å². The molecule has 1 rings (SSSR count). The van der Waals surface area contributed by atoms with Gasteiger partial charge in [0.05, 0.1) is 18.8 Å². The molecule has 5 heteroatoms. The second-order valence-electron chi connectivity index (χ2n) is 4.59. The first kappa shape index (κ1) is 13.7. The smallest absolute Gasteiger partial charge is 0.327 e. The molecule has 17 heavy (non-hydrogen) atoms. The van der Waals surface area contributed by atoms with Gasteiger partial charge in [-0.15, -0.1) is 0 Å². The van der Waals surface area contributed by atoms with E-state index in [9.17, 15) is 4.79 Å². The molecule has 0 saturated carbocycles. The molecule has 0 amide bonds. The maximum Gasteiger partial charge on any atom is 0.327 e. The second-order valence-corrected chi connectivity index (χ2v) is 4.59. The van der Waals surface area contributed by atoms with Gasteiger partial charge >= 0.3 is 5.97 Å². The summed E-state index contributed by atoms with van der Waals surface area (Å²) in [5, 5.41) is 4.37. The number of nitrogens with two attached hydrogens (primary N) is 1. The monoisotopic (exact) mass is 239 g/mol. The summed E-state index contributed by atoms with van der Waals surface area (Å²) in [7, 11) is 0. The minimum atomic E-state index is -1.05. The topological polar surface area (TPSA) is 70.1 Å². The van der Waals surface area contributed by atoms with Crippen molar-refractivity contribution in [3.8, 4) is 0 Å². The average Bonchev–Trinajstić information content (AvgIpc) is 2.46. The molecule has 0 spiro atoms. The number of esters is 1. The van der Waals surface area contributed by atoms with Crippen molar-refractivity contribution in [2.75, 3.05) is 6.61 Å². The fourth-order valence-corrected chi connectivity index (χ4v) is 1.61. The van der Waals surface area contributed by atoms with Gasteiger partial charge in [-0.25, -0.2) is 4.79 Å². The molecule has 1 aromatic rings. The molecule has 0 fully saturated rings. The molecule has 1 aromatic heterocycles. The van der Waals surface area contributed by atoms with Crippen molar-refractivity contribution in [1.82, 2.24) is 9.78 Å². The summed E-state index contributed by atoms with van der Waals surface area (Å²) >= 11 is 0. The van der Waals surface area contributed by atoms with Crippen molar-refractivity contribution >= 4 is 5.97 Å². The Morgan fingerprint density at radius 3 is 2.47 bits per heavy atom.